The molecule has 1 aromatic carbocycles. The molecule has 2 bridgehead atoms. The van der Waals surface area contributed by atoms with Crippen LogP contribution < -0.4 is 10.6 Å². The number of allylic oxidation sites excluding steroid dienone is 1. The van der Waals surface area contributed by atoms with Crippen LogP contribution in [0.25, 0.3) is 10.9 Å². The average Bonchev–Trinajstić information content (AvgIpc) is 3.56. The number of nitrogens with zero attached hydrogens (tertiary/aromatic N) is 1. The molecule has 0 unspecified atom stereocenters. The van der Waals surface area contributed by atoms with Crippen molar-refractivity contribution in [3.05, 3.63) is 48.2 Å². The highest BCUT2D eigenvalue weighted by Gasteiger charge is 2.61. The number of nitrogens with one attached hydrogen (secondary N) is 3. The minimum Gasteiger partial charge on any atom is -0.396 e. The van der Waals surface area contributed by atoms with Gasteiger partial charge < -0.3 is 30.9 Å². The van der Waals surface area contributed by atoms with Crippen LogP contribution in [0.5, 0.6) is 0 Å². The Kier molecular flexibility index (Phi) is 9.15. The zero-order valence-electron chi connectivity index (χ0n) is 26.5. The molecule has 3 saturated carbocycles. The lowest BCUT2D eigenvalue weighted by atomic mass is 9.64. The fourth-order valence-corrected chi connectivity index (χ4v) is 9.34. The highest BCUT2D eigenvalue weighted by atomic mass is 16.3. The van der Waals surface area contributed by atoms with E-state index in [0.717, 1.165) is 61.7 Å². The monoisotopic (exact) mass is 600 g/mol. The lowest BCUT2D eigenvalue weighted by molar-refractivity contribution is -0.113. The molecule has 4 aliphatic carbocycles. The van der Waals surface area contributed by atoms with Crippen LogP contribution >= 0.6 is 0 Å². The summed E-state index contributed by atoms with van der Waals surface area (Å²) in [5.74, 6) is 8.04. The van der Waals surface area contributed by atoms with Crippen molar-refractivity contribution in [2.24, 2.45) is 28.2 Å². The third-order valence-electron chi connectivity index (χ3n) is 11.8. The molecule has 6 N–H and O–H groups in total. The molecule has 0 spiro atoms. The van der Waals surface area contributed by atoms with E-state index in [1.54, 1.807) is 7.05 Å². The van der Waals surface area contributed by atoms with Crippen LogP contribution in [0.2, 0.25) is 0 Å². The van der Waals surface area contributed by atoms with E-state index in [9.17, 15) is 15.3 Å². The number of benzene rings is 1. The van der Waals surface area contributed by atoms with Gasteiger partial charge in [0, 0.05) is 56.1 Å². The van der Waals surface area contributed by atoms with Gasteiger partial charge in [-0.3, -0.25) is 4.99 Å². The van der Waals surface area contributed by atoms with Gasteiger partial charge in [0.15, 0.2) is 5.96 Å². The van der Waals surface area contributed by atoms with Gasteiger partial charge in [0.1, 0.15) is 0 Å². The number of H-pyrrole nitrogens is 1. The first-order chi connectivity index (χ1) is 21.3. The van der Waals surface area contributed by atoms with Crippen LogP contribution in [-0.4, -0.2) is 63.7 Å². The first-order valence-electron chi connectivity index (χ1n) is 17.0. The summed E-state index contributed by atoms with van der Waals surface area (Å²) in [5.41, 5.74) is 1.45. The molecular weight excluding hydrogens is 548 g/mol. The van der Waals surface area contributed by atoms with E-state index in [1.165, 1.54) is 24.6 Å². The summed E-state index contributed by atoms with van der Waals surface area (Å²) >= 11 is 0. The van der Waals surface area contributed by atoms with Crippen molar-refractivity contribution in [2.45, 2.75) is 107 Å². The average molecular weight is 601 g/mol. The Hall–Kier alpha value is -2.79. The third kappa shape index (κ3) is 6.06. The number of rotatable bonds is 8. The number of aromatic amines is 1. The number of hydrogen-bond acceptors (Lipinski definition) is 4. The van der Waals surface area contributed by atoms with E-state index in [2.05, 4.69) is 62.8 Å². The van der Waals surface area contributed by atoms with Crippen LogP contribution in [0.3, 0.4) is 0 Å². The Labute approximate surface area is 263 Å². The van der Waals surface area contributed by atoms with Gasteiger partial charge >= 0.3 is 0 Å². The quantitative estimate of drug-likeness (QED) is 0.0818. The normalized spacial score (nSPS) is 34.3. The van der Waals surface area contributed by atoms with Crippen LogP contribution in [0.4, 0.5) is 0 Å². The molecule has 7 heteroatoms. The molecule has 4 aliphatic rings. The fraction of sp³-hybridized carbons (Fsp3) is 0.649. The first-order valence-corrected chi connectivity index (χ1v) is 17.0. The largest absolute Gasteiger partial charge is 0.396 e. The predicted octanol–water partition coefficient (Wildman–Crippen LogP) is 5.22. The SMILES string of the molecule is C=C(Cc1cc2ccccc2[nH]1)[C@]12CC#C[C@H](NC(=NC)NCCCO)C[C@]3(O)CC[C@@H]([C@@H]3C1)[C@@](O)(C1CCCCC1)CC2. The summed E-state index contributed by atoms with van der Waals surface area (Å²) in [6, 6.07) is 10.3. The van der Waals surface area contributed by atoms with E-state index in [4.69, 9.17) is 6.58 Å². The molecule has 0 amide bonds. The van der Waals surface area contributed by atoms with Crippen molar-refractivity contribution in [3.63, 3.8) is 0 Å². The first kappa shape index (κ1) is 31.2. The van der Waals surface area contributed by atoms with E-state index in [-0.39, 0.29) is 29.9 Å². The molecule has 7 nitrogen and oxygen atoms in total. The smallest absolute Gasteiger partial charge is 0.191 e. The Bertz CT molecular complexity index is 1380. The maximum Gasteiger partial charge on any atom is 0.191 e. The number of aliphatic hydroxyl groups is 3. The second-order valence-corrected chi connectivity index (χ2v) is 14.3. The fourth-order valence-electron chi connectivity index (χ4n) is 9.34. The zero-order valence-corrected chi connectivity index (χ0v) is 26.5. The van der Waals surface area contributed by atoms with Gasteiger partial charge in [0.25, 0.3) is 0 Å². The van der Waals surface area contributed by atoms with E-state index in [1.807, 2.05) is 0 Å². The minimum atomic E-state index is -0.940. The van der Waals surface area contributed by atoms with Crippen molar-refractivity contribution in [1.82, 2.24) is 15.6 Å². The van der Waals surface area contributed by atoms with Gasteiger partial charge in [-0.25, -0.2) is 0 Å². The van der Waals surface area contributed by atoms with Gasteiger partial charge in [0.2, 0.25) is 0 Å². The molecule has 1 heterocycles. The molecule has 6 atom stereocenters. The van der Waals surface area contributed by atoms with Gasteiger partial charge in [-0.1, -0.05) is 55.5 Å². The van der Waals surface area contributed by atoms with Crippen molar-refractivity contribution in [3.8, 4) is 11.8 Å². The van der Waals surface area contributed by atoms with Crippen molar-refractivity contribution < 1.29 is 15.3 Å². The maximum atomic E-state index is 12.8. The second kappa shape index (κ2) is 12.9. The Morgan fingerprint density at radius 1 is 1.07 bits per heavy atom. The number of aliphatic imine (C=N–C) groups is 1. The molecule has 3 fully saturated rings. The molecule has 0 saturated heterocycles. The number of aliphatic hydroxyl groups excluding tert-OH is 1. The van der Waals surface area contributed by atoms with E-state index in [0.29, 0.717) is 44.1 Å². The van der Waals surface area contributed by atoms with Gasteiger partial charge in [-0.15, -0.1) is 5.92 Å². The molecular formula is C37H52N4O3. The summed E-state index contributed by atoms with van der Waals surface area (Å²) in [5, 5.41) is 42.6. The number of guanidine groups is 1. The summed E-state index contributed by atoms with van der Waals surface area (Å²) in [6.07, 6.45) is 12.3. The summed E-state index contributed by atoms with van der Waals surface area (Å²) in [7, 11) is 1.74. The number of fused-ring (bicyclic) bond motifs is 2. The van der Waals surface area contributed by atoms with Crippen LogP contribution in [-0.2, 0) is 6.42 Å². The lowest BCUT2D eigenvalue weighted by Crippen LogP contribution is -2.51. The van der Waals surface area contributed by atoms with Crippen molar-refractivity contribution in [2.75, 3.05) is 20.2 Å². The molecule has 238 valence electrons. The van der Waals surface area contributed by atoms with Crippen LogP contribution in [0.1, 0.15) is 89.2 Å². The van der Waals surface area contributed by atoms with Crippen LogP contribution in [0.15, 0.2) is 47.5 Å². The van der Waals surface area contributed by atoms with Crippen molar-refractivity contribution >= 4 is 16.9 Å². The standard InChI is InChI=1S/C37H52N4O3/c1-26(22-30-23-27-10-6-7-14-33(27)40-30)35-16-8-13-29(41-34(38-2)39-20-9-21-42)24-36(43)17-15-31(32(36)25-35)37(44,19-18-35)28-11-4-3-5-12-28/h6-7,10,14,23,28-29,31-32,40,42-44H,1,3-5,9,11-12,15-22,24-25H2,2H3,(H2,38,39,41)/t29-,31-,32-,35-,36+,37-/m0/s1. The lowest BCUT2D eigenvalue weighted by Gasteiger charge is -2.45. The molecule has 2 aromatic rings. The number of aromatic nitrogens is 1. The highest BCUT2D eigenvalue weighted by Crippen LogP contribution is 2.61. The van der Waals surface area contributed by atoms with Crippen molar-refractivity contribution in [1.29, 1.82) is 0 Å². The second-order valence-electron chi connectivity index (χ2n) is 14.3. The minimum absolute atomic E-state index is 0.0354. The zero-order chi connectivity index (χ0) is 30.8. The summed E-state index contributed by atoms with van der Waals surface area (Å²) < 4.78 is 0. The predicted molar refractivity (Wildman–Crippen MR) is 177 cm³/mol. The van der Waals surface area contributed by atoms with Gasteiger partial charge in [0.05, 0.1) is 17.2 Å². The molecule has 44 heavy (non-hydrogen) atoms. The van der Waals surface area contributed by atoms with Gasteiger partial charge in [-0.2, -0.15) is 0 Å². The topological polar surface area (TPSA) is 113 Å². The van der Waals surface area contributed by atoms with E-state index < -0.39 is 11.2 Å². The maximum absolute atomic E-state index is 12.8. The van der Waals surface area contributed by atoms with Crippen LogP contribution in [0, 0.1) is 35.0 Å². The summed E-state index contributed by atoms with van der Waals surface area (Å²) in [6.45, 7) is 5.48. The highest BCUT2D eigenvalue weighted by molar-refractivity contribution is 5.80. The molecule has 0 aliphatic heterocycles. The number of para-hydroxylation sites is 1. The number of hydrogen-bond donors (Lipinski definition) is 6. The summed E-state index contributed by atoms with van der Waals surface area (Å²) in [4.78, 5) is 8.01. The molecule has 0 radical (unpaired) electrons. The van der Waals surface area contributed by atoms with E-state index >= 15 is 0 Å². The Morgan fingerprint density at radius 2 is 1.89 bits per heavy atom. The Balaban J connectivity index is 1.35. The molecule has 6 rings (SSSR count). The molecule has 1 aromatic heterocycles. The van der Waals surface area contributed by atoms with Gasteiger partial charge in [-0.05, 0) is 86.6 Å². The Morgan fingerprint density at radius 3 is 2.66 bits per heavy atom. The third-order valence-corrected chi connectivity index (χ3v) is 11.8.